The number of phenols is 2. The Morgan fingerprint density at radius 3 is 2.75 bits per heavy atom. The number of carbonyl (C=O) groups excluding carboxylic acids is 2. The Balaban J connectivity index is 1.65. The molecule has 1 saturated carbocycles. The van der Waals surface area contributed by atoms with Gasteiger partial charge in [-0.2, -0.15) is 0 Å². The van der Waals surface area contributed by atoms with Crippen molar-refractivity contribution in [1.29, 1.82) is 0 Å². The number of aromatic hydroxyl groups is 2. The van der Waals surface area contributed by atoms with Crippen LogP contribution < -0.4 is 0 Å². The average Bonchev–Trinajstić information content (AvgIpc) is 2.78. The SMILES string of the molecule is O=C(C=Cc1ccc(O)c(O)c1)OC1CC2(O)CC(OC2=O)C1O. The molecule has 8 heteroatoms. The molecule has 1 aromatic carbocycles. The molecule has 2 aliphatic rings. The van der Waals surface area contributed by atoms with Crippen molar-refractivity contribution in [2.45, 2.75) is 36.8 Å². The lowest BCUT2D eigenvalue weighted by molar-refractivity contribution is -0.162. The molecule has 4 N–H and O–H groups in total. The van der Waals surface area contributed by atoms with Gasteiger partial charge in [-0.3, -0.25) is 0 Å². The first-order valence-electron chi connectivity index (χ1n) is 7.31. The van der Waals surface area contributed by atoms with Crippen LogP contribution in [0.2, 0.25) is 0 Å². The number of hydrogen-bond donors (Lipinski definition) is 4. The highest BCUT2D eigenvalue weighted by atomic mass is 16.6. The number of carbonyl (C=O) groups is 2. The predicted octanol–water partition coefficient (Wildman–Crippen LogP) is -0.166. The van der Waals surface area contributed by atoms with E-state index in [-0.39, 0.29) is 24.3 Å². The monoisotopic (exact) mass is 336 g/mol. The Kier molecular flexibility index (Phi) is 3.94. The quantitative estimate of drug-likeness (QED) is 0.340. The van der Waals surface area contributed by atoms with Crippen LogP contribution in [-0.4, -0.2) is 56.3 Å². The molecule has 3 rings (SSSR count). The first-order chi connectivity index (χ1) is 11.3. The second kappa shape index (κ2) is 5.81. The van der Waals surface area contributed by atoms with E-state index >= 15 is 0 Å². The van der Waals surface area contributed by atoms with Crippen LogP contribution in [0.25, 0.3) is 6.08 Å². The van der Waals surface area contributed by atoms with Crippen molar-refractivity contribution < 1.29 is 39.5 Å². The molecule has 2 fully saturated rings. The second-order valence-electron chi connectivity index (χ2n) is 5.93. The summed E-state index contributed by atoms with van der Waals surface area (Å²) >= 11 is 0. The third-order valence-electron chi connectivity index (χ3n) is 4.16. The number of phenolic OH excluding ortho intramolecular Hbond substituents is 2. The van der Waals surface area contributed by atoms with Crippen LogP contribution >= 0.6 is 0 Å². The predicted molar refractivity (Wildman–Crippen MR) is 78.8 cm³/mol. The molecule has 1 heterocycles. The van der Waals surface area contributed by atoms with Crippen LogP contribution in [0.4, 0.5) is 0 Å². The molecular weight excluding hydrogens is 320 g/mol. The van der Waals surface area contributed by atoms with Crippen molar-refractivity contribution in [1.82, 2.24) is 0 Å². The first kappa shape index (κ1) is 16.3. The Labute approximate surface area is 136 Å². The van der Waals surface area contributed by atoms with Crippen LogP contribution in [0.3, 0.4) is 0 Å². The van der Waals surface area contributed by atoms with Gasteiger partial charge in [0.25, 0.3) is 0 Å². The van der Waals surface area contributed by atoms with Gasteiger partial charge in [0.15, 0.2) is 17.1 Å². The van der Waals surface area contributed by atoms with Gasteiger partial charge in [0, 0.05) is 18.9 Å². The molecule has 0 aromatic heterocycles. The zero-order valence-corrected chi connectivity index (χ0v) is 12.5. The summed E-state index contributed by atoms with van der Waals surface area (Å²) in [4.78, 5) is 23.4. The molecule has 128 valence electrons. The number of esters is 2. The van der Waals surface area contributed by atoms with E-state index in [4.69, 9.17) is 9.47 Å². The highest BCUT2D eigenvalue weighted by Gasteiger charge is 2.58. The standard InChI is InChI=1S/C16H16O8/c17-9-3-1-8(5-10(9)18)2-4-13(19)23-11-6-16(22)7-12(14(11)20)24-15(16)21/h1-5,11-12,14,17-18,20,22H,6-7H2. The number of benzene rings is 1. The summed E-state index contributed by atoms with van der Waals surface area (Å²) in [5.74, 6) is -2.22. The van der Waals surface area contributed by atoms with Crippen molar-refractivity contribution in [2.75, 3.05) is 0 Å². The van der Waals surface area contributed by atoms with Gasteiger partial charge in [-0.15, -0.1) is 0 Å². The van der Waals surface area contributed by atoms with E-state index in [1.807, 2.05) is 0 Å². The fourth-order valence-electron chi connectivity index (χ4n) is 2.86. The van der Waals surface area contributed by atoms with E-state index in [2.05, 4.69) is 0 Å². The van der Waals surface area contributed by atoms with Crippen LogP contribution in [0.5, 0.6) is 11.5 Å². The zero-order chi connectivity index (χ0) is 17.5. The fraction of sp³-hybridized carbons (Fsp3) is 0.375. The Hall–Kier alpha value is -2.58. The summed E-state index contributed by atoms with van der Waals surface area (Å²) in [6, 6.07) is 4.00. The van der Waals surface area contributed by atoms with Crippen molar-refractivity contribution in [3.63, 3.8) is 0 Å². The minimum Gasteiger partial charge on any atom is -0.504 e. The van der Waals surface area contributed by atoms with Gasteiger partial charge in [0.1, 0.15) is 18.3 Å². The molecule has 1 aliphatic carbocycles. The van der Waals surface area contributed by atoms with Crippen LogP contribution in [0.1, 0.15) is 18.4 Å². The molecule has 4 unspecified atom stereocenters. The topological polar surface area (TPSA) is 134 Å². The smallest absolute Gasteiger partial charge is 0.338 e. The maximum atomic E-state index is 11.9. The van der Waals surface area contributed by atoms with E-state index < -0.39 is 35.9 Å². The molecule has 2 bridgehead atoms. The van der Waals surface area contributed by atoms with Gasteiger partial charge in [0.05, 0.1) is 0 Å². The van der Waals surface area contributed by atoms with Crippen LogP contribution in [0.15, 0.2) is 24.3 Å². The summed E-state index contributed by atoms with van der Waals surface area (Å²) in [6.45, 7) is 0. The van der Waals surface area contributed by atoms with E-state index in [9.17, 15) is 30.0 Å². The maximum Gasteiger partial charge on any atom is 0.338 e. The lowest BCUT2D eigenvalue weighted by Gasteiger charge is -2.32. The van der Waals surface area contributed by atoms with Gasteiger partial charge < -0.3 is 29.9 Å². The van der Waals surface area contributed by atoms with E-state index in [1.54, 1.807) is 0 Å². The number of rotatable bonds is 3. The number of aliphatic hydroxyl groups is 2. The molecule has 8 nitrogen and oxygen atoms in total. The van der Waals surface area contributed by atoms with E-state index in [1.165, 1.54) is 24.3 Å². The minimum atomic E-state index is -1.73. The lowest BCUT2D eigenvalue weighted by Crippen LogP contribution is -2.50. The first-order valence-corrected chi connectivity index (χ1v) is 7.31. The normalized spacial score (nSPS) is 31.9. The molecule has 24 heavy (non-hydrogen) atoms. The average molecular weight is 336 g/mol. The zero-order valence-electron chi connectivity index (χ0n) is 12.5. The Morgan fingerprint density at radius 2 is 2.04 bits per heavy atom. The summed E-state index contributed by atoms with van der Waals surface area (Å²) in [5.41, 5.74) is -1.29. The van der Waals surface area contributed by atoms with Crippen molar-refractivity contribution in [3.05, 3.63) is 29.8 Å². The number of hydrogen-bond acceptors (Lipinski definition) is 8. The second-order valence-corrected chi connectivity index (χ2v) is 5.93. The molecular formula is C16H16O8. The molecule has 1 aromatic rings. The van der Waals surface area contributed by atoms with Crippen molar-refractivity contribution in [2.24, 2.45) is 0 Å². The third kappa shape index (κ3) is 2.93. The minimum absolute atomic E-state index is 0.0241. The summed E-state index contributed by atoms with van der Waals surface area (Å²) in [6.07, 6.45) is -1.000. The van der Waals surface area contributed by atoms with E-state index in [0.29, 0.717) is 5.56 Å². The van der Waals surface area contributed by atoms with Gasteiger partial charge in [0.2, 0.25) is 0 Å². The van der Waals surface area contributed by atoms with Crippen LogP contribution in [-0.2, 0) is 19.1 Å². The van der Waals surface area contributed by atoms with Crippen molar-refractivity contribution in [3.8, 4) is 11.5 Å². The van der Waals surface area contributed by atoms with E-state index in [0.717, 1.165) is 6.08 Å². The van der Waals surface area contributed by atoms with Crippen LogP contribution in [0, 0.1) is 0 Å². The number of fused-ring (bicyclic) bond motifs is 2. The van der Waals surface area contributed by atoms with Gasteiger partial charge >= 0.3 is 11.9 Å². The van der Waals surface area contributed by atoms with Gasteiger partial charge in [-0.05, 0) is 23.8 Å². The molecule has 0 spiro atoms. The largest absolute Gasteiger partial charge is 0.504 e. The summed E-state index contributed by atoms with van der Waals surface area (Å²) in [7, 11) is 0. The fourth-order valence-corrected chi connectivity index (χ4v) is 2.86. The highest BCUT2D eigenvalue weighted by molar-refractivity contribution is 5.87. The molecule has 4 atom stereocenters. The molecule has 0 radical (unpaired) electrons. The molecule has 1 saturated heterocycles. The molecule has 0 amide bonds. The summed E-state index contributed by atoms with van der Waals surface area (Å²) < 4.78 is 9.96. The van der Waals surface area contributed by atoms with Gasteiger partial charge in [-0.1, -0.05) is 6.07 Å². The van der Waals surface area contributed by atoms with Crippen molar-refractivity contribution >= 4 is 18.0 Å². The summed E-state index contributed by atoms with van der Waals surface area (Å²) in [5, 5.41) is 38.7. The lowest BCUT2D eigenvalue weighted by atomic mass is 9.82. The Morgan fingerprint density at radius 1 is 1.29 bits per heavy atom. The maximum absolute atomic E-state index is 11.9. The molecule has 1 aliphatic heterocycles. The number of ether oxygens (including phenoxy) is 2. The highest BCUT2D eigenvalue weighted by Crippen LogP contribution is 2.39. The third-order valence-corrected chi connectivity index (χ3v) is 4.16. The Bertz CT molecular complexity index is 712. The number of aliphatic hydroxyl groups excluding tert-OH is 1. The van der Waals surface area contributed by atoms with Gasteiger partial charge in [-0.25, -0.2) is 9.59 Å².